The molecule has 4 atom stereocenters. The molecule has 0 spiro atoms. The third kappa shape index (κ3) is 7.71. The van der Waals surface area contributed by atoms with Crippen LogP contribution in [-0.2, 0) is 4.74 Å². The van der Waals surface area contributed by atoms with Gasteiger partial charge in [-0.3, -0.25) is 0 Å². The lowest BCUT2D eigenvalue weighted by atomic mass is 9.79. The maximum absolute atomic E-state index is 6.79. The second-order valence-electron chi connectivity index (χ2n) is 10.8. The van der Waals surface area contributed by atoms with Gasteiger partial charge in [-0.25, -0.2) is 0 Å². The van der Waals surface area contributed by atoms with Crippen molar-refractivity contribution in [1.29, 1.82) is 0 Å². The maximum atomic E-state index is 6.79. The highest BCUT2D eigenvalue weighted by Gasteiger charge is 2.30. The van der Waals surface area contributed by atoms with Gasteiger partial charge < -0.3 is 23.7 Å². The smallest absolute Gasteiger partial charge is 0.122 e. The molecule has 0 saturated carbocycles. The van der Waals surface area contributed by atoms with Crippen molar-refractivity contribution in [2.75, 3.05) is 41.7 Å². The van der Waals surface area contributed by atoms with E-state index in [1.165, 1.54) is 11.1 Å². The van der Waals surface area contributed by atoms with E-state index < -0.39 is 0 Å². The van der Waals surface area contributed by atoms with Crippen LogP contribution in [0.2, 0.25) is 0 Å². The standard InChI is InChI=1S/C38H46O5/c1-7-31(33-23-29(39-3)19-21-37(33)41-5)35(27-15-11-9-12-16-27)25-43-26-36(28-17-13-10-14-18-28)32(8-2)34-24-30(40-4)20-22-38(34)42-6/h9-24,31-32,35-36H,7-8,25-26H2,1-6H3. The SMILES string of the molecule is CCC(c1cc(OC)ccc1OC)C(COCC(c1ccccc1)C(CC)c1cc(OC)ccc1OC)c1ccccc1. The van der Waals surface area contributed by atoms with E-state index in [1.54, 1.807) is 28.4 Å². The van der Waals surface area contributed by atoms with Crippen LogP contribution in [0.15, 0.2) is 97.1 Å². The molecule has 43 heavy (non-hydrogen) atoms. The summed E-state index contributed by atoms with van der Waals surface area (Å²) in [6, 6.07) is 33.5. The highest BCUT2D eigenvalue weighted by atomic mass is 16.5. The molecular formula is C38H46O5. The van der Waals surface area contributed by atoms with E-state index in [2.05, 4.69) is 86.6 Å². The lowest BCUT2D eigenvalue weighted by molar-refractivity contribution is 0.0927. The Kier molecular flexibility index (Phi) is 11.9. The number of hydrogen-bond acceptors (Lipinski definition) is 5. The van der Waals surface area contributed by atoms with E-state index in [4.69, 9.17) is 23.7 Å². The maximum Gasteiger partial charge on any atom is 0.122 e. The average molecular weight is 583 g/mol. The van der Waals surface area contributed by atoms with Gasteiger partial charge >= 0.3 is 0 Å². The third-order valence-electron chi connectivity index (χ3n) is 8.57. The van der Waals surface area contributed by atoms with Gasteiger partial charge in [-0.15, -0.1) is 0 Å². The summed E-state index contributed by atoms with van der Waals surface area (Å²) in [7, 11) is 6.87. The number of methoxy groups -OCH3 is 4. The highest BCUT2D eigenvalue weighted by molar-refractivity contribution is 5.45. The summed E-state index contributed by atoms with van der Waals surface area (Å²) in [4.78, 5) is 0. The summed E-state index contributed by atoms with van der Waals surface area (Å²) in [5.74, 6) is 3.96. The van der Waals surface area contributed by atoms with Crippen molar-refractivity contribution in [3.63, 3.8) is 0 Å². The third-order valence-corrected chi connectivity index (χ3v) is 8.57. The molecule has 0 bridgehead atoms. The van der Waals surface area contributed by atoms with Gasteiger partial charge in [-0.05, 0) is 72.2 Å². The minimum Gasteiger partial charge on any atom is -0.497 e. The van der Waals surface area contributed by atoms with Crippen molar-refractivity contribution in [2.45, 2.75) is 50.4 Å². The van der Waals surface area contributed by atoms with Crippen molar-refractivity contribution >= 4 is 0 Å². The Morgan fingerprint density at radius 3 is 1.19 bits per heavy atom. The Hall–Kier alpha value is -3.96. The summed E-state index contributed by atoms with van der Waals surface area (Å²) in [5.41, 5.74) is 4.76. The van der Waals surface area contributed by atoms with Crippen LogP contribution in [0.3, 0.4) is 0 Å². The zero-order chi connectivity index (χ0) is 30.6. The van der Waals surface area contributed by atoms with Gasteiger partial charge in [0.2, 0.25) is 0 Å². The second kappa shape index (κ2) is 16.0. The molecule has 0 aliphatic heterocycles. The Balaban J connectivity index is 1.68. The molecule has 5 heteroatoms. The molecule has 4 rings (SSSR count). The van der Waals surface area contributed by atoms with Crippen LogP contribution >= 0.6 is 0 Å². The highest BCUT2D eigenvalue weighted by Crippen LogP contribution is 2.44. The van der Waals surface area contributed by atoms with E-state index in [-0.39, 0.29) is 23.7 Å². The molecule has 4 unspecified atom stereocenters. The summed E-state index contributed by atoms with van der Waals surface area (Å²) >= 11 is 0. The molecule has 4 aromatic carbocycles. The van der Waals surface area contributed by atoms with Gasteiger partial charge in [0.1, 0.15) is 23.0 Å². The largest absolute Gasteiger partial charge is 0.497 e. The van der Waals surface area contributed by atoms with Crippen LogP contribution in [-0.4, -0.2) is 41.7 Å². The Morgan fingerprint density at radius 1 is 0.465 bits per heavy atom. The van der Waals surface area contributed by atoms with Crippen LogP contribution in [0.25, 0.3) is 0 Å². The zero-order valence-electron chi connectivity index (χ0n) is 26.4. The van der Waals surface area contributed by atoms with Crippen LogP contribution < -0.4 is 18.9 Å². The summed E-state index contributed by atoms with van der Waals surface area (Å²) in [6.07, 6.45) is 1.85. The lowest BCUT2D eigenvalue weighted by Gasteiger charge is -2.31. The molecule has 0 radical (unpaired) electrons. The fourth-order valence-electron chi connectivity index (χ4n) is 6.31. The predicted octanol–water partition coefficient (Wildman–Crippen LogP) is 8.99. The molecule has 0 saturated heterocycles. The van der Waals surface area contributed by atoms with Crippen LogP contribution in [0.1, 0.15) is 72.6 Å². The first-order chi connectivity index (χ1) is 21.1. The molecule has 0 amide bonds. The van der Waals surface area contributed by atoms with Gasteiger partial charge in [0.15, 0.2) is 0 Å². The molecule has 0 fully saturated rings. The van der Waals surface area contributed by atoms with Crippen LogP contribution in [0, 0.1) is 0 Å². The van der Waals surface area contributed by atoms with E-state index >= 15 is 0 Å². The number of ether oxygens (including phenoxy) is 5. The van der Waals surface area contributed by atoms with E-state index in [0.717, 1.165) is 47.0 Å². The summed E-state index contributed by atoms with van der Waals surface area (Å²) in [5, 5.41) is 0. The van der Waals surface area contributed by atoms with Crippen molar-refractivity contribution < 1.29 is 23.7 Å². The van der Waals surface area contributed by atoms with Gasteiger partial charge in [-0.1, -0.05) is 74.5 Å². The molecule has 4 aromatic rings. The van der Waals surface area contributed by atoms with E-state index in [9.17, 15) is 0 Å². The van der Waals surface area contributed by atoms with Crippen LogP contribution in [0.4, 0.5) is 0 Å². The van der Waals surface area contributed by atoms with Gasteiger partial charge in [0.25, 0.3) is 0 Å². The Labute approximate surface area is 257 Å². The van der Waals surface area contributed by atoms with Gasteiger partial charge in [-0.2, -0.15) is 0 Å². The molecule has 0 aliphatic rings. The van der Waals surface area contributed by atoms with Crippen molar-refractivity contribution in [3.8, 4) is 23.0 Å². The Bertz CT molecular complexity index is 1280. The predicted molar refractivity (Wildman–Crippen MR) is 174 cm³/mol. The first-order valence-corrected chi connectivity index (χ1v) is 15.2. The topological polar surface area (TPSA) is 46.2 Å². The van der Waals surface area contributed by atoms with Gasteiger partial charge in [0.05, 0.1) is 41.7 Å². The normalized spacial score (nSPS) is 13.9. The molecule has 0 aliphatic carbocycles. The molecule has 228 valence electrons. The van der Waals surface area contributed by atoms with Crippen molar-refractivity contribution in [3.05, 3.63) is 119 Å². The monoisotopic (exact) mass is 582 g/mol. The zero-order valence-corrected chi connectivity index (χ0v) is 26.4. The quantitative estimate of drug-likeness (QED) is 0.132. The molecular weight excluding hydrogens is 536 g/mol. The first kappa shape index (κ1) is 32.0. The fourth-order valence-corrected chi connectivity index (χ4v) is 6.31. The van der Waals surface area contributed by atoms with Crippen molar-refractivity contribution in [1.82, 2.24) is 0 Å². The molecule has 0 aromatic heterocycles. The Morgan fingerprint density at radius 2 is 0.860 bits per heavy atom. The number of benzene rings is 4. The first-order valence-electron chi connectivity index (χ1n) is 15.2. The minimum absolute atomic E-state index is 0.120. The summed E-state index contributed by atoms with van der Waals surface area (Å²) in [6.45, 7) is 5.60. The molecule has 5 nitrogen and oxygen atoms in total. The fraction of sp³-hybridized carbons (Fsp3) is 0.368. The van der Waals surface area contributed by atoms with Crippen molar-refractivity contribution in [2.24, 2.45) is 0 Å². The number of rotatable bonds is 16. The lowest BCUT2D eigenvalue weighted by Crippen LogP contribution is -2.22. The molecule has 0 N–H and O–H groups in total. The second-order valence-corrected chi connectivity index (χ2v) is 10.8. The number of hydrogen-bond donors (Lipinski definition) is 0. The van der Waals surface area contributed by atoms with E-state index in [0.29, 0.717) is 13.2 Å². The van der Waals surface area contributed by atoms with Gasteiger partial charge in [0, 0.05) is 23.0 Å². The molecule has 0 heterocycles. The average Bonchev–Trinajstić information content (AvgIpc) is 3.07. The summed E-state index contributed by atoms with van der Waals surface area (Å²) < 4.78 is 29.7. The van der Waals surface area contributed by atoms with Crippen LogP contribution in [0.5, 0.6) is 23.0 Å². The minimum atomic E-state index is 0.120. The van der Waals surface area contributed by atoms with E-state index in [1.807, 2.05) is 24.3 Å².